The fourth-order valence-electron chi connectivity index (χ4n) is 4.99. The summed E-state index contributed by atoms with van der Waals surface area (Å²) in [5, 5.41) is 8.96. The van der Waals surface area contributed by atoms with E-state index < -0.39 is 11.8 Å². The second-order valence-electron chi connectivity index (χ2n) is 9.71. The number of halogens is 2. The van der Waals surface area contributed by atoms with Gasteiger partial charge in [0.15, 0.2) is 11.6 Å². The third kappa shape index (κ3) is 4.20. The summed E-state index contributed by atoms with van der Waals surface area (Å²) in [6, 6.07) is 8.87. The van der Waals surface area contributed by atoms with Crippen molar-refractivity contribution in [3.05, 3.63) is 71.4 Å². The molecule has 37 heavy (non-hydrogen) atoms. The van der Waals surface area contributed by atoms with E-state index in [0.29, 0.717) is 47.5 Å². The minimum atomic E-state index is -0.582. The Bertz CT molecular complexity index is 1470. The van der Waals surface area contributed by atoms with Crippen LogP contribution in [-0.2, 0) is 20.0 Å². The Morgan fingerprint density at radius 1 is 1.16 bits per heavy atom. The van der Waals surface area contributed by atoms with E-state index in [1.54, 1.807) is 24.3 Å². The van der Waals surface area contributed by atoms with Gasteiger partial charge < -0.3 is 19.7 Å². The van der Waals surface area contributed by atoms with Crippen LogP contribution in [0.3, 0.4) is 0 Å². The highest BCUT2D eigenvalue weighted by Gasteiger charge is 2.32. The van der Waals surface area contributed by atoms with E-state index in [9.17, 15) is 13.6 Å². The van der Waals surface area contributed by atoms with Gasteiger partial charge in [-0.05, 0) is 41.7 Å². The van der Waals surface area contributed by atoms with E-state index >= 15 is 0 Å². The minimum Gasteiger partial charge on any atom is -0.342 e. The van der Waals surface area contributed by atoms with E-state index in [-0.39, 0.29) is 11.7 Å². The largest absolute Gasteiger partial charge is 0.342 e. The topological polar surface area (TPSA) is 95.0 Å². The standard InChI is InChI=1S/C26H26F2N8O/c1-15-12-36(13-15)25(37)21-9-17-7-8-35(14-22(17)34(21)2)26-29-11-20(27)24(32-26)31-18-5-3-16(4-6-18)19-10-30-33-23(19)28/h3-6,9-11,15H,7-8,12-14H2,1-2H3,(H,30,33)(H,29,31,32). The van der Waals surface area contributed by atoms with Crippen LogP contribution in [0.15, 0.2) is 42.7 Å². The maximum Gasteiger partial charge on any atom is 0.270 e. The summed E-state index contributed by atoms with van der Waals surface area (Å²) >= 11 is 0. The van der Waals surface area contributed by atoms with Gasteiger partial charge in [0.1, 0.15) is 5.69 Å². The summed E-state index contributed by atoms with van der Waals surface area (Å²) in [7, 11) is 1.91. The lowest BCUT2D eigenvalue weighted by Gasteiger charge is -2.37. The maximum absolute atomic E-state index is 14.6. The van der Waals surface area contributed by atoms with Gasteiger partial charge in [-0.25, -0.2) is 9.37 Å². The van der Waals surface area contributed by atoms with Crippen LogP contribution in [0.2, 0.25) is 0 Å². The zero-order chi connectivity index (χ0) is 25.7. The number of benzene rings is 1. The Labute approximate surface area is 212 Å². The van der Waals surface area contributed by atoms with Gasteiger partial charge in [-0.15, -0.1) is 0 Å². The van der Waals surface area contributed by atoms with Crippen molar-refractivity contribution in [2.75, 3.05) is 29.9 Å². The molecule has 5 heterocycles. The van der Waals surface area contributed by atoms with Crippen molar-refractivity contribution in [3.63, 3.8) is 0 Å². The molecule has 1 fully saturated rings. The van der Waals surface area contributed by atoms with E-state index in [4.69, 9.17) is 0 Å². The molecule has 6 rings (SSSR count). The number of H-pyrrole nitrogens is 1. The number of carbonyl (C=O) groups is 1. The summed E-state index contributed by atoms with van der Waals surface area (Å²) in [6.45, 7) is 4.90. The SMILES string of the molecule is CC1CN(C(=O)c2cc3c(n2C)CN(c2ncc(F)c(Nc4ccc(-c5cn[nH]c5F)cc4)n2)CC3)C1. The average Bonchev–Trinajstić information content (AvgIpc) is 3.46. The van der Waals surface area contributed by atoms with Crippen LogP contribution in [0.25, 0.3) is 11.1 Å². The van der Waals surface area contributed by atoms with Gasteiger partial charge in [0.25, 0.3) is 5.91 Å². The molecule has 0 unspecified atom stereocenters. The number of nitrogens with one attached hydrogen (secondary N) is 2. The Hall–Kier alpha value is -4.28. The molecular weight excluding hydrogens is 478 g/mol. The quantitative estimate of drug-likeness (QED) is 0.428. The third-order valence-electron chi connectivity index (χ3n) is 7.08. The number of likely N-dealkylation sites (tertiary alicyclic amines) is 1. The van der Waals surface area contributed by atoms with Gasteiger partial charge in [0.05, 0.1) is 24.5 Å². The molecule has 9 nitrogen and oxygen atoms in total. The monoisotopic (exact) mass is 504 g/mol. The molecule has 0 bridgehead atoms. The number of carbonyl (C=O) groups excluding carboxylic acids is 1. The molecular formula is C26H26F2N8O. The van der Waals surface area contributed by atoms with E-state index in [1.165, 1.54) is 6.20 Å². The number of hydrogen-bond donors (Lipinski definition) is 2. The van der Waals surface area contributed by atoms with Crippen molar-refractivity contribution < 1.29 is 13.6 Å². The molecule has 1 aromatic carbocycles. The van der Waals surface area contributed by atoms with Crippen molar-refractivity contribution >= 4 is 23.4 Å². The number of amides is 1. The molecule has 190 valence electrons. The molecule has 3 aromatic heterocycles. The normalized spacial score (nSPS) is 15.5. The first kappa shape index (κ1) is 23.1. The first-order valence-corrected chi connectivity index (χ1v) is 12.2. The molecule has 0 aliphatic carbocycles. The van der Waals surface area contributed by atoms with Crippen molar-refractivity contribution in [1.82, 2.24) is 29.6 Å². The van der Waals surface area contributed by atoms with Crippen LogP contribution in [0.5, 0.6) is 0 Å². The van der Waals surface area contributed by atoms with Crippen LogP contribution in [0, 0.1) is 17.7 Å². The summed E-state index contributed by atoms with van der Waals surface area (Å²) < 4.78 is 30.3. The van der Waals surface area contributed by atoms with Crippen molar-refractivity contribution in [2.24, 2.45) is 13.0 Å². The molecule has 4 aromatic rings. The number of rotatable bonds is 5. The van der Waals surface area contributed by atoms with Gasteiger partial charge in [-0.1, -0.05) is 19.1 Å². The second kappa shape index (κ2) is 8.99. The molecule has 0 spiro atoms. The molecule has 2 N–H and O–H groups in total. The molecule has 2 aliphatic rings. The van der Waals surface area contributed by atoms with Crippen molar-refractivity contribution in [2.45, 2.75) is 19.9 Å². The molecule has 0 atom stereocenters. The van der Waals surface area contributed by atoms with Crippen LogP contribution >= 0.6 is 0 Å². The Morgan fingerprint density at radius 2 is 1.95 bits per heavy atom. The van der Waals surface area contributed by atoms with Gasteiger partial charge in [-0.2, -0.15) is 14.5 Å². The highest BCUT2D eigenvalue weighted by atomic mass is 19.1. The zero-order valence-corrected chi connectivity index (χ0v) is 20.5. The number of fused-ring (bicyclic) bond motifs is 1. The number of hydrogen-bond acceptors (Lipinski definition) is 6. The van der Waals surface area contributed by atoms with Gasteiger partial charge in [0.2, 0.25) is 11.9 Å². The summed E-state index contributed by atoms with van der Waals surface area (Å²) in [4.78, 5) is 25.5. The predicted octanol–water partition coefficient (Wildman–Crippen LogP) is 3.88. The number of anilines is 3. The van der Waals surface area contributed by atoms with Gasteiger partial charge in [-0.3, -0.25) is 9.89 Å². The van der Waals surface area contributed by atoms with Gasteiger partial charge in [0, 0.05) is 38.1 Å². The lowest BCUT2D eigenvalue weighted by Crippen LogP contribution is -2.49. The molecule has 11 heteroatoms. The summed E-state index contributed by atoms with van der Waals surface area (Å²) in [5.74, 6) is -0.0358. The Kier molecular flexibility index (Phi) is 5.62. The predicted molar refractivity (Wildman–Crippen MR) is 134 cm³/mol. The maximum atomic E-state index is 14.6. The Balaban J connectivity index is 1.19. The second-order valence-corrected chi connectivity index (χ2v) is 9.71. The molecule has 1 saturated heterocycles. The first-order chi connectivity index (χ1) is 17.9. The Morgan fingerprint density at radius 3 is 2.65 bits per heavy atom. The molecule has 0 radical (unpaired) electrons. The van der Waals surface area contributed by atoms with Crippen LogP contribution in [0.1, 0.15) is 28.7 Å². The van der Waals surface area contributed by atoms with Crippen molar-refractivity contribution in [1.29, 1.82) is 0 Å². The van der Waals surface area contributed by atoms with E-state index in [1.807, 2.05) is 27.5 Å². The van der Waals surface area contributed by atoms with E-state index in [0.717, 1.165) is 37.0 Å². The molecule has 1 amide bonds. The molecule has 0 saturated carbocycles. The minimum absolute atomic E-state index is 0.0488. The summed E-state index contributed by atoms with van der Waals surface area (Å²) in [5.41, 5.74) is 4.48. The summed E-state index contributed by atoms with van der Waals surface area (Å²) in [6.07, 6.45) is 3.30. The number of nitrogens with zero attached hydrogens (tertiary/aromatic N) is 6. The van der Waals surface area contributed by atoms with Crippen LogP contribution in [-0.4, -0.2) is 55.2 Å². The highest BCUT2D eigenvalue weighted by molar-refractivity contribution is 5.94. The van der Waals surface area contributed by atoms with Gasteiger partial charge >= 0.3 is 0 Å². The van der Waals surface area contributed by atoms with Crippen LogP contribution in [0.4, 0.5) is 26.2 Å². The fourth-order valence-corrected chi connectivity index (χ4v) is 4.99. The van der Waals surface area contributed by atoms with Crippen LogP contribution < -0.4 is 10.2 Å². The highest BCUT2D eigenvalue weighted by Crippen LogP contribution is 2.29. The van der Waals surface area contributed by atoms with E-state index in [2.05, 4.69) is 32.4 Å². The lowest BCUT2D eigenvalue weighted by atomic mass is 10.0. The fraction of sp³-hybridized carbons (Fsp3) is 0.308. The van der Waals surface area contributed by atoms with Crippen molar-refractivity contribution in [3.8, 4) is 11.1 Å². The zero-order valence-electron chi connectivity index (χ0n) is 20.5. The molecule has 2 aliphatic heterocycles. The lowest BCUT2D eigenvalue weighted by molar-refractivity contribution is 0.0520. The average molecular weight is 505 g/mol. The number of aromatic nitrogens is 5. The first-order valence-electron chi connectivity index (χ1n) is 12.2. The smallest absolute Gasteiger partial charge is 0.270 e. The third-order valence-corrected chi connectivity index (χ3v) is 7.08. The number of aromatic amines is 1.